The molecular weight excluding hydrogens is 468 g/mol. The van der Waals surface area contributed by atoms with Gasteiger partial charge in [-0.05, 0) is 59.9 Å². The monoisotopic (exact) mass is 494 g/mol. The predicted molar refractivity (Wildman–Crippen MR) is 160 cm³/mol. The van der Waals surface area contributed by atoms with E-state index < -0.39 is 0 Å². The average Bonchev–Trinajstić information content (AvgIpc) is 3.52. The van der Waals surface area contributed by atoms with Gasteiger partial charge < -0.3 is 4.40 Å². The lowest BCUT2D eigenvalue weighted by molar-refractivity contribution is 0.411. The zero-order valence-corrected chi connectivity index (χ0v) is 22.0. The zero-order chi connectivity index (χ0) is 24.9. The SMILES string of the molecule is CC(C)(C)Cc1ccnc(-c2ccc3c(c2)c2cccc4c5cc6c(cc5n3c24)sc2ccccc26)c1. The minimum absolute atomic E-state index is 0.247. The number of pyridine rings is 1. The highest BCUT2D eigenvalue weighted by Gasteiger charge is 2.19. The summed E-state index contributed by atoms with van der Waals surface area (Å²) in [7, 11) is 0. The summed E-state index contributed by atoms with van der Waals surface area (Å²) < 4.78 is 5.17. The van der Waals surface area contributed by atoms with Crippen LogP contribution in [0.3, 0.4) is 0 Å². The molecule has 0 atom stereocenters. The van der Waals surface area contributed by atoms with E-state index >= 15 is 0 Å². The van der Waals surface area contributed by atoms with E-state index in [-0.39, 0.29) is 5.41 Å². The highest BCUT2D eigenvalue weighted by molar-refractivity contribution is 7.25. The minimum atomic E-state index is 0.247. The van der Waals surface area contributed by atoms with E-state index in [1.807, 2.05) is 17.5 Å². The Balaban J connectivity index is 1.40. The van der Waals surface area contributed by atoms with Gasteiger partial charge in [0.25, 0.3) is 0 Å². The number of benzene rings is 4. The van der Waals surface area contributed by atoms with Crippen LogP contribution < -0.4 is 0 Å². The van der Waals surface area contributed by atoms with Crippen LogP contribution >= 0.6 is 11.3 Å². The molecule has 0 spiro atoms. The van der Waals surface area contributed by atoms with E-state index in [1.54, 1.807) is 0 Å². The predicted octanol–water partition coefficient (Wildman–Crippen LogP) is 9.86. The van der Waals surface area contributed by atoms with E-state index in [0.29, 0.717) is 0 Å². The second-order valence-electron chi connectivity index (χ2n) is 11.5. The van der Waals surface area contributed by atoms with Crippen LogP contribution in [0.4, 0.5) is 0 Å². The molecule has 0 fully saturated rings. The Morgan fingerprint density at radius 1 is 0.676 bits per heavy atom. The first-order chi connectivity index (χ1) is 17.9. The van der Waals surface area contributed by atoms with Crippen LogP contribution in [0.25, 0.3) is 69.5 Å². The Morgan fingerprint density at radius 2 is 1.46 bits per heavy atom. The molecule has 4 aromatic heterocycles. The average molecular weight is 495 g/mol. The van der Waals surface area contributed by atoms with Crippen molar-refractivity contribution >= 4 is 69.6 Å². The molecule has 0 aliphatic heterocycles. The van der Waals surface area contributed by atoms with Gasteiger partial charge in [0, 0.05) is 53.5 Å². The van der Waals surface area contributed by atoms with Gasteiger partial charge >= 0.3 is 0 Å². The summed E-state index contributed by atoms with van der Waals surface area (Å²) in [5, 5.41) is 7.97. The third kappa shape index (κ3) is 3.07. The maximum Gasteiger partial charge on any atom is 0.0704 e. The van der Waals surface area contributed by atoms with E-state index in [1.165, 1.54) is 69.4 Å². The lowest BCUT2D eigenvalue weighted by atomic mass is 9.88. The molecule has 4 aromatic carbocycles. The van der Waals surface area contributed by atoms with Crippen molar-refractivity contribution in [2.24, 2.45) is 5.41 Å². The molecule has 8 rings (SSSR count). The van der Waals surface area contributed by atoms with Crippen molar-refractivity contribution in [1.29, 1.82) is 0 Å². The zero-order valence-electron chi connectivity index (χ0n) is 21.2. The topological polar surface area (TPSA) is 17.3 Å². The molecule has 8 aromatic rings. The van der Waals surface area contributed by atoms with Crippen LogP contribution in [0.5, 0.6) is 0 Å². The van der Waals surface area contributed by atoms with Gasteiger partial charge in [0.05, 0.1) is 22.2 Å². The molecule has 2 nitrogen and oxygen atoms in total. The van der Waals surface area contributed by atoms with Crippen LogP contribution in [-0.2, 0) is 6.42 Å². The first-order valence-corrected chi connectivity index (χ1v) is 13.7. The highest BCUT2D eigenvalue weighted by atomic mass is 32.1. The number of hydrogen-bond acceptors (Lipinski definition) is 2. The van der Waals surface area contributed by atoms with Crippen molar-refractivity contribution in [2.75, 3.05) is 0 Å². The van der Waals surface area contributed by atoms with Crippen molar-refractivity contribution in [3.63, 3.8) is 0 Å². The third-order valence-electron chi connectivity index (χ3n) is 7.67. The Morgan fingerprint density at radius 3 is 2.30 bits per heavy atom. The number of fused-ring (bicyclic) bond motifs is 9. The highest BCUT2D eigenvalue weighted by Crippen LogP contribution is 2.43. The molecule has 0 unspecified atom stereocenters. The molecule has 178 valence electrons. The van der Waals surface area contributed by atoms with Gasteiger partial charge in [-0.25, -0.2) is 0 Å². The summed E-state index contributed by atoms with van der Waals surface area (Å²) in [5.74, 6) is 0. The quantitative estimate of drug-likeness (QED) is 0.234. The molecule has 0 radical (unpaired) electrons. The third-order valence-corrected chi connectivity index (χ3v) is 8.80. The molecule has 0 saturated heterocycles. The van der Waals surface area contributed by atoms with Gasteiger partial charge in [-0.3, -0.25) is 4.98 Å². The molecular formula is C34H26N2S. The van der Waals surface area contributed by atoms with Crippen molar-refractivity contribution in [1.82, 2.24) is 9.38 Å². The Bertz CT molecular complexity index is 2150. The smallest absolute Gasteiger partial charge is 0.0704 e. The second-order valence-corrected chi connectivity index (χ2v) is 12.6. The molecule has 0 aliphatic rings. The Kier molecular flexibility index (Phi) is 4.18. The van der Waals surface area contributed by atoms with Gasteiger partial charge in [-0.2, -0.15) is 0 Å². The lowest BCUT2D eigenvalue weighted by Crippen LogP contribution is -2.09. The molecule has 37 heavy (non-hydrogen) atoms. The number of aromatic nitrogens is 2. The van der Waals surface area contributed by atoms with Crippen LogP contribution in [0.2, 0.25) is 0 Å². The summed E-state index contributed by atoms with van der Waals surface area (Å²) >= 11 is 1.89. The van der Waals surface area contributed by atoms with E-state index in [0.717, 1.165) is 12.1 Å². The molecule has 0 saturated carbocycles. The van der Waals surface area contributed by atoms with E-state index in [2.05, 4.69) is 110 Å². The van der Waals surface area contributed by atoms with Gasteiger partial charge in [0.15, 0.2) is 0 Å². The number of nitrogens with zero attached hydrogens (tertiary/aromatic N) is 2. The maximum absolute atomic E-state index is 4.75. The van der Waals surface area contributed by atoms with Crippen molar-refractivity contribution in [2.45, 2.75) is 27.2 Å². The van der Waals surface area contributed by atoms with Crippen LogP contribution in [0, 0.1) is 5.41 Å². The molecule has 0 amide bonds. The first kappa shape index (κ1) is 21.2. The van der Waals surface area contributed by atoms with Crippen molar-refractivity contribution in [3.8, 4) is 11.3 Å². The summed E-state index contributed by atoms with van der Waals surface area (Å²) in [5.41, 5.74) is 7.68. The molecule has 0 aliphatic carbocycles. The van der Waals surface area contributed by atoms with Crippen LogP contribution in [0.1, 0.15) is 26.3 Å². The first-order valence-electron chi connectivity index (χ1n) is 12.9. The van der Waals surface area contributed by atoms with Crippen molar-refractivity contribution in [3.05, 3.63) is 96.7 Å². The number of rotatable bonds is 2. The van der Waals surface area contributed by atoms with E-state index in [9.17, 15) is 0 Å². The van der Waals surface area contributed by atoms with Crippen molar-refractivity contribution < 1.29 is 0 Å². The molecule has 4 heterocycles. The largest absolute Gasteiger partial charge is 0.308 e. The fraction of sp³-hybridized carbons (Fsp3) is 0.147. The summed E-state index contributed by atoms with van der Waals surface area (Å²) in [4.78, 5) is 4.75. The Labute approximate surface area is 219 Å². The maximum atomic E-state index is 4.75. The number of hydrogen-bond donors (Lipinski definition) is 0. The molecule has 0 N–H and O–H groups in total. The number of para-hydroxylation sites is 1. The number of thiophene rings is 1. The summed E-state index contributed by atoms with van der Waals surface area (Å²) in [6.45, 7) is 6.86. The van der Waals surface area contributed by atoms with Crippen LogP contribution in [-0.4, -0.2) is 9.38 Å². The minimum Gasteiger partial charge on any atom is -0.308 e. The second kappa shape index (κ2) is 7.30. The van der Waals surface area contributed by atoms with Gasteiger partial charge in [0.2, 0.25) is 0 Å². The summed E-state index contributed by atoms with van der Waals surface area (Å²) in [6, 6.07) is 31.6. The van der Waals surface area contributed by atoms with Gasteiger partial charge in [-0.15, -0.1) is 11.3 Å². The van der Waals surface area contributed by atoms with Gasteiger partial charge in [-0.1, -0.05) is 63.2 Å². The summed E-state index contributed by atoms with van der Waals surface area (Å²) in [6.07, 6.45) is 2.99. The van der Waals surface area contributed by atoms with Crippen LogP contribution in [0.15, 0.2) is 91.1 Å². The standard InChI is InChI=1S/C34H26N2S/c1-34(2,3)19-20-13-14-35-28(15-20)21-11-12-29-25(16-21)23-8-6-9-24-26-17-27-22-7-4-5-10-31(22)37-32(27)18-30(26)36(29)33(23)24/h4-18H,19H2,1-3H3. The Hall–Kier alpha value is -3.95. The molecule has 3 heteroatoms. The van der Waals surface area contributed by atoms with E-state index in [4.69, 9.17) is 4.98 Å². The molecule has 0 bridgehead atoms. The lowest BCUT2D eigenvalue weighted by Gasteiger charge is -2.18. The fourth-order valence-electron chi connectivity index (χ4n) is 6.21. The fourth-order valence-corrected chi connectivity index (χ4v) is 7.33. The van der Waals surface area contributed by atoms with Gasteiger partial charge in [0.1, 0.15) is 0 Å². The normalized spacial score (nSPS) is 12.8.